The molecule has 0 aliphatic heterocycles. The highest BCUT2D eigenvalue weighted by Crippen LogP contribution is 2.11. The van der Waals surface area contributed by atoms with Crippen molar-refractivity contribution in [2.75, 3.05) is 5.32 Å². The first kappa shape index (κ1) is 17.6. The maximum Gasteiger partial charge on any atom is 0.251 e. The summed E-state index contributed by atoms with van der Waals surface area (Å²) in [6.45, 7) is 0.431. The fourth-order valence-electron chi connectivity index (χ4n) is 2.15. The maximum absolute atomic E-state index is 12.1. The second-order valence-electron chi connectivity index (χ2n) is 5.25. The van der Waals surface area contributed by atoms with Crippen LogP contribution in [0.25, 0.3) is 0 Å². The third kappa shape index (κ3) is 4.86. The molecular formula is C16H13Br2N5O2. The van der Waals surface area contributed by atoms with E-state index in [1.165, 1.54) is 10.6 Å². The molecule has 1 aromatic carbocycles. The molecule has 7 nitrogen and oxygen atoms in total. The first-order valence-corrected chi connectivity index (χ1v) is 8.88. The van der Waals surface area contributed by atoms with Gasteiger partial charge in [-0.3, -0.25) is 14.9 Å². The molecule has 128 valence electrons. The SMILES string of the molecule is O=C(Cn1cc(Br)ccc1=O)Nc1ncn(Cc2ccc(Br)cc2)n1. The van der Waals surface area contributed by atoms with E-state index in [9.17, 15) is 9.59 Å². The van der Waals surface area contributed by atoms with Crippen LogP contribution in [0, 0.1) is 0 Å². The van der Waals surface area contributed by atoms with Gasteiger partial charge in [0.15, 0.2) is 0 Å². The van der Waals surface area contributed by atoms with E-state index in [1.807, 2.05) is 24.3 Å². The fraction of sp³-hybridized carbons (Fsp3) is 0.125. The van der Waals surface area contributed by atoms with Crippen LogP contribution < -0.4 is 10.9 Å². The Morgan fingerprint density at radius 2 is 1.80 bits per heavy atom. The van der Waals surface area contributed by atoms with Gasteiger partial charge in [-0.2, -0.15) is 0 Å². The van der Waals surface area contributed by atoms with E-state index in [-0.39, 0.29) is 24.0 Å². The number of nitrogens with zero attached hydrogens (tertiary/aromatic N) is 4. The molecular weight excluding hydrogens is 454 g/mol. The number of rotatable bonds is 5. The summed E-state index contributed by atoms with van der Waals surface area (Å²) in [7, 11) is 0. The lowest BCUT2D eigenvalue weighted by Crippen LogP contribution is -2.27. The Hall–Kier alpha value is -2.26. The Morgan fingerprint density at radius 3 is 2.56 bits per heavy atom. The molecule has 0 spiro atoms. The summed E-state index contributed by atoms with van der Waals surface area (Å²) < 4.78 is 4.66. The van der Waals surface area contributed by atoms with Gasteiger partial charge in [-0.1, -0.05) is 28.1 Å². The van der Waals surface area contributed by atoms with Gasteiger partial charge in [0.2, 0.25) is 11.9 Å². The molecule has 0 aliphatic carbocycles. The highest BCUT2D eigenvalue weighted by atomic mass is 79.9. The second-order valence-corrected chi connectivity index (χ2v) is 7.09. The van der Waals surface area contributed by atoms with Crippen molar-refractivity contribution >= 4 is 43.7 Å². The summed E-state index contributed by atoms with van der Waals surface area (Å²) in [4.78, 5) is 27.8. The molecule has 0 fully saturated rings. The van der Waals surface area contributed by atoms with E-state index < -0.39 is 0 Å². The van der Waals surface area contributed by atoms with Crippen molar-refractivity contribution in [1.82, 2.24) is 19.3 Å². The van der Waals surface area contributed by atoms with E-state index in [4.69, 9.17) is 0 Å². The van der Waals surface area contributed by atoms with Crippen molar-refractivity contribution in [3.63, 3.8) is 0 Å². The number of carbonyl (C=O) groups is 1. The van der Waals surface area contributed by atoms with Gasteiger partial charge < -0.3 is 4.57 Å². The molecule has 3 aromatic rings. The minimum Gasteiger partial charge on any atom is -0.305 e. The number of nitrogens with one attached hydrogen (secondary N) is 1. The van der Waals surface area contributed by atoms with E-state index in [2.05, 4.69) is 47.3 Å². The van der Waals surface area contributed by atoms with Crippen LogP contribution in [-0.2, 0) is 17.9 Å². The molecule has 0 saturated carbocycles. The van der Waals surface area contributed by atoms with Gasteiger partial charge in [0, 0.05) is 21.2 Å². The van der Waals surface area contributed by atoms with E-state index >= 15 is 0 Å². The second kappa shape index (κ2) is 7.75. The molecule has 0 unspecified atom stereocenters. The van der Waals surface area contributed by atoms with Gasteiger partial charge in [-0.05, 0) is 39.7 Å². The fourth-order valence-corrected chi connectivity index (χ4v) is 2.79. The zero-order chi connectivity index (χ0) is 17.8. The third-order valence-corrected chi connectivity index (χ3v) is 4.30. The predicted molar refractivity (Wildman–Crippen MR) is 100 cm³/mol. The van der Waals surface area contributed by atoms with Crippen molar-refractivity contribution in [3.8, 4) is 0 Å². The average molecular weight is 467 g/mol. The van der Waals surface area contributed by atoms with E-state index in [1.54, 1.807) is 23.3 Å². The smallest absolute Gasteiger partial charge is 0.251 e. The van der Waals surface area contributed by atoms with Gasteiger partial charge >= 0.3 is 0 Å². The highest BCUT2D eigenvalue weighted by Gasteiger charge is 2.09. The molecule has 25 heavy (non-hydrogen) atoms. The molecule has 3 rings (SSSR count). The highest BCUT2D eigenvalue weighted by molar-refractivity contribution is 9.10. The van der Waals surface area contributed by atoms with Crippen LogP contribution in [0.4, 0.5) is 5.95 Å². The number of amides is 1. The Bertz CT molecular complexity index is 950. The van der Waals surface area contributed by atoms with E-state index in [0.29, 0.717) is 6.54 Å². The van der Waals surface area contributed by atoms with Gasteiger partial charge in [-0.15, -0.1) is 5.10 Å². The molecule has 1 amide bonds. The quantitative estimate of drug-likeness (QED) is 0.626. The van der Waals surface area contributed by atoms with Crippen LogP contribution in [0.1, 0.15) is 5.56 Å². The van der Waals surface area contributed by atoms with Crippen molar-refractivity contribution in [1.29, 1.82) is 0 Å². The van der Waals surface area contributed by atoms with Crippen LogP contribution >= 0.6 is 31.9 Å². The van der Waals surface area contributed by atoms with Crippen LogP contribution in [-0.4, -0.2) is 25.2 Å². The van der Waals surface area contributed by atoms with Gasteiger partial charge in [0.25, 0.3) is 5.56 Å². The number of carbonyl (C=O) groups excluding carboxylic acids is 1. The lowest BCUT2D eigenvalue weighted by atomic mass is 10.2. The normalized spacial score (nSPS) is 10.6. The van der Waals surface area contributed by atoms with Gasteiger partial charge in [0.1, 0.15) is 12.9 Å². The molecule has 0 bridgehead atoms. The Balaban J connectivity index is 1.62. The van der Waals surface area contributed by atoms with Crippen LogP contribution in [0.3, 0.4) is 0 Å². The molecule has 2 aromatic heterocycles. The summed E-state index contributed by atoms with van der Waals surface area (Å²) in [6, 6.07) is 10.9. The molecule has 1 N–H and O–H groups in total. The number of benzene rings is 1. The molecule has 0 radical (unpaired) electrons. The Labute approximate surface area is 160 Å². The van der Waals surface area contributed by atoms with Gasteiger partial charge in [0.05, 0.1) is 6.54 Å². The minimum atomic E-state index is -0.374. The van der Waals surface area contributed by atoms with Gasteiger partial charge in [-0.25, -0.2) is 9.67 Å². The topological polar surface area (TPSA) is 81.8 Å². The van der Waals surface area contributed by atoms with Crippen molar-refractivity contribution < 1.29 is 4.79 Å². The predicted octanol–water partition coefficient (Wildman–Crippen LogP) is 2.65. The number of hydrogen-bond donors (Lipinski definition) is 1. The lowest BCUT2D eigenvalue weighted by molar-refractivity contribution is -0.116. The third-order valence-electron chi connectivity index (χ3n) is 3.31. The minimum absolute atomic E-state index is 0.112. The summed E-state index contributed by atoms with van der Waals surface area (Å²) in [6.07, 6.45) is 3.10. The number of pyridine rings is 1. The van der Waals surface area contributed by atoms with Crippen molar-refractivity contribution in [2.45, 2.75) is 13.1 Å². The maximum atomic E-state index is 12.1. The summed E-state index contributed by atoms with van der Waals surface area (Å²) in [5, 5.41) is 6.80. The van der Waals surface area contributed by atoms with Crippen molar-refractivity contribution in [3.05, 3.63) is 73.8 Å². The average Bonchev–Trinajstić information content (AvgIpc) is 3.00. The zero-order valence-corrected chi connectivity index (χ0v) is 16.1. The molecule has 0 atom stereocenters. The first-order valence-electron chi connectivity index (χ1n) is 7.29. The van der Waals surface area contributed by atoms with Crippen molar-refractivity contribution in [2.24, 2.45) is 0 Å². The standard InChI is InChI=1S/C16H13Br2N5O2/c17-12-3-1-11(2-4-12)7-23-10-19-16(21-23)20-14(24)9-22-8-13(18)5-6-15(22)25/h1-6,8,10H,7,9H2,(H,20,21,24). The summed E-state index contributed by atoms with van der Waals surface area (Å²) in [5.41, 5.74) is 0.804. The van der Waals surface area contributed by atoms with E-state index in [0.717, 1.165) is 14.5 Å². The summed E-state index contributed by atoms with van der Waals surface area (Å²) in [5.74, 6) is -0.174. The van der Waals surface area contributed by atoms with Crippen LogP contribution in [0.2, 0.25) is 0 Å². The summed E-state index contributed by atoms with van der Waals surface area (Å²) >= 11 is 6.66. The van der Waals surface area contributed by atoms with Crippen LogP contribution in [0.15, 0.2) is 62.7 Å². The number of halogens is 2. The number of aromatic nitrogens is 4. The van der Waals surface area contributed by atoms with Crippen LogP contribution in [0.5, 0.6) is 0 Å². The monoisotopic (exact) mass is 465 g/mol. The first-order chi connectivity index (χ1) is 12.0. The zero-order valence-electron chi connectivity index (χ0n) is 12.9. The molecule has 0 saturated heterocycles. The molecule has 9 heteroatoms. The lowest BCUT2D eigenvalue weighted by Gasteiger charge is -2.05. The molecule has 2 heterocycles. The molecule has 0 aliphatic rings. The largest absolute Gasteiger partial charge is 0.305 e. The Kier molecular flexibility index (Phi) is 5.44. The number of hydrogen-bond acceptors (Lipinski definition) is 4. The number of anilines is 1. The Morgan fingerprint density at radius 1 is 1.08 bits per heavy atom.